The molecule has 0 aliphatic carbocycles. The fourth-order valence-electron chi connectivity index (χ4n) is 2.02. The van der Waals surface area contributed by atoms with Crippen LogP contribution in [0.1, 0.15) is 58.4 Å². The van der Waals surface area contributed by atoms with E-state index in [4.69, 9.17) is 5.73 Å². The van der Waals surface area contributed by atoms with Gasteiger partial charge in [-0.2, -0.15) is 5.10 Å². The lowest BCUT2D eigenvalue weighted by Crippen LogP contribution is -2.10. The van der Waals surface area contributed by atoms with Gasteiger partial charge in [0.2, 0.25) is 5.82 Å². The van der Waals surface area contributed by atoms with Gasteiger partial charge >= 0.3 is 5.69 Å². The summed E-state index contributed by atoms with van der Waals surface area (Å²) >= 11 is 0. The Morgan fingerprint density at radius 1 is 1.44 bits per heavy atom. The van der Waals surface area contributed by atoms with Gasteiger partial charge in [-0.1, -0.05) is 39.0 Å². The monoisotopic (exact) mass is 254 g/mol. The van der Waals surface area contributed by atoms with E-state index in [1.807, 2.05) is 6.92 Å². The fraction of sp³-hybridized carbons (Fsp3) is 0.750. The third kappa shape index (κ3) is 3.72. The van der Waals surface area contributed by atoms with E-state index in [9.17, 15) is 10.1 Å². The van der Waals surface area contributed by atoms with Gasteiger partial charge < -0.3 is 5.73 Å². The first-order valence-corrected chi connectivity index (χ1v) is 6.55. The fourth-order valence-corrected chi connectivity index (χ4v) is 2.02. The van der Waals surface area contributed by atoms with Crippen LogP contribution in [0.5, 0.6) is 0 Å². The van der Waals surface area contributed by atoms with Crippen LogP contribution in [0.2, 0.25) is 0 Å². The smallest absolute Gasteiger partial charge is 0.330 e. The van der Waals surface area contributed by atoms with Gasteiger partial charge in [-0.15, -0.1) is 0 Å². The van der Waals surface area contributed by atoms with Crippen molar-refractivity contribution in [3.63, 3.8) is 0 Å². The SMILES string of the molecule is CCCCCCCC(C)n1ncc([N+](=O)[O-])c1N. The Hall–Kier alpha value is -1.59. The van der Waals surface area contributed by atoms with E-state index in [0.29, 0.717) is 0 Å². The molecule has 102 valence electrons. The van der Waals surface area contributed by atoms with Gasteiger partial charge in [0, 0.05) is 0 Å². The lowest BCUT2D eigenvalue weighted by molar-refractivity contribution is -0.384. The van der Waals surface area contributed by atoms with E-state index in [0.717, 1.165) is 12.8 Å². The zero-order chi connectivity index (χ0) is 13.5. The summed E-state index contributed by atoms with van der Waals surface area (Å²) in [6.45, 7) is 4.18. The third-order valence-electron chi connectivity index (χ3n) is 3.15. The summed E-state index contributed by atoms with van der Waals surface area (Å²) in [5.41, 5.74) is 5.61. The molecule has 1 rings (SSSR count). The summed E-state index contributed by atoms with van der Waals surface area (Å²) in [6.07, 6.45) is 8.22. The highest BCUT2D eigenvalue weighted by Crippen LogP contribution is 2.25. The van der Waals surface area contributed by atoms with E-state index < -0.39 is 4.92 Å². The van der Waals surface area contributed by atoms with Crippen molar-refractivity contribution in [2.75, 3.05) is 5.73 Å². The average Bonchev–Trinajstić information content (AvgIpc) is 2.70. The van der Waals surface area contributed by atoms with Crippen LogP contribution in [0.3, 0.4) is 0 Å². The maximum absolute atomic E-state index is 10.7. The molecule has 1 unspecified atom stereocenters. The minimum atomic E-state index is -0.493. The standard InChI is InChI=1S/C12H22N4O2/c1-3-4-5-6-7-8-10(2)15-12(13)11(9-14-15)16(17)18/h9-10H,3-8,13H2,1-2H3. The highest BCUT2D eigenvalue weighted by molar-refractivity contribution is 5.51. The molecule has 0 amide bonds. The molecule has 1 aromatic heterocycles. The highest BCUT2D eigenvalue weighted by Gasteiger charge is 2.20. The van der Waals surface area contributed by atoms with Crippen molar-refractivity contribution in [3.8, 4) is 0 Å². The molecule has 0 aromatic carbocycles. The molecule has 2 N–H and O–H groups in total. The maximum Gasteiger partial charge on any atom is 0.330 e. The van der Waals surface area contributed by atoms with Gasteiger partial charge in [0.15, 0.2) is 0 Å². The molecule has 18 heavy (non-hydrogen) atoms. The quantitative estimate of drug-likeness (QED) is 0.438. The summed E-state index contributed by atoms with van der Waals surface area (Å²) in [4.78, 5) is 10.2. The Morgan fingerprint density at radius 3 is 2.67 bits per heavy atom. The number of hydrogen-bond acceptors (Lipinski definition) is 4. The molecular weight excluding hydrogens is 232 g/mol. The molecular formula is C12H22N4O2. The molecule has 0 radical (unpaired) electrons. The number of nitrogens with two attached hydrogens (primary N) is 1. The molecule has 1 heterocycles. The molecule has 0 bridgehead atoms. The molecule has 0 fully saturated rings. The summed E-state index contributed by atoms with van der Waals surface area (Å²) in [6, 6.07) is 0.111. The van der Waals surface area contributed by atoms with Crippen LogP contribution in [0.4, 0.5) is 11.5 Å². The van der Waals surface area contributed by atoms with Gasteiger partial charge in [-0.05, 0) is 13.3 Å². The molecule has 0 aliphatic rings. The van der Waals surface area contributed by atoms with E-state index in [-0.39, 0.29) is 17.5 Å². The topological polar surface area (TPSA) is 87.0 Å². The Balaban J connectivity index is 2.46. The Bertz CT molecular complexity index is 389. The van der Waals surface area contributed by atoms with E-state index in [1.54, 1.807) is 4.68 Å². The number of nitrogen functional groups attached to an aromatic ring is 1. The van der Waals surface area contributed by atoms with Crippen LogP contribution in [-0.4, -0.2) is 14.7 Å². The maximum atomic E-state index is 10.7. The van der Waals surface area contributed by atoms with Gasteiger partial charge in [0.1, 0.15) is 6.20 Å². The van der Waals surface area contributed by atoms with Crippen LogP contribution in [0, 0.1) is 10.1 Å². The average molecular weight is 254 g/mol. The molecule has 0 saturated heterocycles. The van der Waals surface area contributed by atoms with Crippen molar-refractivity contribution in [2.24, 2.45) is 0 Å². The van der Waals surface area contributed by atoms with Crippen LogP contribution in [0.25, 0.3) is 0 Å². The Morgan fingerprint density at radius 2 is 2.11 bits per heavy atom. The first-order valence-electron chi connectivity index (χ1n) is 6.55. The number of aromatic nitrogens is 2. The predicted octanol–water partition coefficient (Wildman–Crippen LogP) is 3.30. The molecule has 6 nitrogen and oxygen atoms in total. The molecule has 0 saturated carbocycles. The number of anilines is 1. The van der Waals surface area contributed by atoms with Crippen molar-refractivity contribution in [3.05, 3.63) is 16.3 Å². The lowest BCUT2D eigenvalue weighted by Gasteiger charge is -2.12. The summed E-state index contributed by atoms with van der Waals surface area (Å²) in [5, 5.41) is 14.7. The van der Waals surface area contributed by atoms with E-state index in [2.05, 4.69) is 12.0 Å². The summed E-state index contributed by atoms with van der Waals surface area (Å²) < 4.78 is 1.55. The van der Waals surface area contributed by atoms with Gasteiger partial charge in [-0.3, -0.25) is 10.1 Å². The third-order valence-corrected chi connectivity index (χ3v) is 3.15. The predicted molar refractivity (Wildman–Crippen MR) is 71.4 cm³/mol. The van der Waals surface area contributed by atoms with Gasteiger partial charge in [-0.25, -0.2) is 4.68 Å². The summed E-state index contributed by atoms with van der Waals surface area (Å²) in [7, 11) is 0. The van der Waals surface area contributed by atoms with Crippen molar-refractivity contribution >= 4 is 11.5 Å². The van der Waals surface area contributed by atoms with Crippen molar-refractivity contribution < 1.29 is 4.92 Å². The molecule has 6 heteroatoms. The zero-order valence-electron chi connectivity index (χ0n) is 11.1. The molecule has 0 spiro atoms. The molecule has 1 atom stereocenters. The van der Waals surface area contributed by atoms with Crippen LogP contribution in [-0.2, 0) is 0 Å². The number of nitrogens with zero attached hydrogens (tertiary/aromatic N) is 3. The second-order valence-electron chi connectivity index (χ2n) is 4.67. The second-order valence-corrected chi connectivity index (χ2v) is 4.67. The van der Waals surface area contributed by atoms with Crippen molar-refractivity contribution in [1.29, 1.82) is 0 Å². The van der Waals surface area contributed by atoms with Gasteiger partial charge in [0.05, 0.1) is 11.0 Å². The minimum Gasteiger partial charge on any atom is -0.378 e. The second kappa shape index (κ2) is 6.98. The summed E-state index contributed by atoms with van der Waals surface area (Å²) in [5.74, 6) is 0.154. The number of nitro groups is 1. The molecule has 0 aliphatic heterocycles. The van der Waals surface area contributed by atoms with E-state index >= 15 is 0 Å². The largest absolute Gasteiger partial charge is 0.378 e. The zero-order valence-corrected chi connectivity index (χ0v) is 11.1. The van der Waals surface area contributed by atoms with Crippen LogP contribution in [0.15, 0.2) is 6.20 Å². The van der Waals surface area contributed by atoms with Crippen LogP contribution < -0.4 is 5.73 Å². The first kappa shape index (κ1) is 14.5. The first-order chi connectivity index (χ1) is 8.57. The van der Waals surface area contributed by atoms with Gasteiger partial charge in [0.25, 0.3) is 0 Å². The number of rotatable bonds is 8. The highest BCUT2D eigenvalue weighted by atomic mass is 16.6. The number of unbranched alkanes of at least 4 members (excludes halogenated alkanes) is 4. The van der Waals surface area contributed by atoms with E-state index in [1.165, 1.54) is 31.9 Å². The molecule has 1 aromatic rings. The normalized spacial score (nSPS) is 12.6. The number of hydrogen-bond donors (Lipinski definition) is 1. The van der Waals surface area contributed by atoms with Crippen molar-refractivity contribution in [1.82, 2.24) is 9.78 Å². The van der Waals surface area contributed by atoms with Crippen molar-refractivity contribution in [2.45, 2.75) is 58.4 Å². The Kier molecular flexibility index (Phi) is 5.61. The van der Waals surface area contributed by atoms with Crippen LogP contribution >= 0.6 is 0 Å². The Labute approximate surface area is 107 Å². The lowest BCUT2D eigenvalue weighted by atomic mass is 10.1. The minimum absolute atomic E-state index is 0.104.